The lowest BCUT2D eigenvalue weighted by atomic mass is 9.86. The molecule has 0 bridgehead atoms. The third-order valence-corrected chi connectivity index (χ3v) is 8.85. The van der Waals surface area contributed by atoms with Crippen molar-refractivity contribution in [3.8, 4) is 0 Å². The zero-order valence-electron chi connectivity index (χ0n) is 19.2. The quantitative estimate of drug-likeness (QED) is 0.715. The zero-order valence-corrected chi connectivity index (χ0v) is 19.9. The van der Waals surface area contributed by atoms with E-state index in [0.29, 0.717) is 30.2 Å². The molecule has 1 aliphatic carbocycles. The third-order valence-electron chi connectivity index (χ3n) is 8.52. The number of hydrogen-bond donors (Lipinski definition) is 1. The number of carbonyl (C=O) groups excluding carboxylic acids is 1. The van der Waals surface area contributed by atoms with Gasteiger partial charge in [-0.1, -0.05) is 11.6 Å². The van der Waals surface area contributed by atoms with Crippen LogP contribution in [0.2, 0.25) is 5.02 Å². The lowest BCUT2D eigenvalue weighted by Gasteiger charge is -2.42. The minimum Gasteiger partial charge on any atom is -0.381 e. The number of halogens is 1. The molecule has 33 heavy (non-hydrogen) atoms. The van der Waals surface area contributed by atoms with Crippen LogP contribution >= 0.6 is 11.6 Å². The molecule has 1 saturated carbocycles. The highest BCUT2D eigenvalue weighted by Gasteiger charge is 2.55. The SMILES string of the molecule is CC1(N2CCC(c3cc4cc(NC(=O)C5C6CCOCC65)ncc4cc3Cl)CC2)CCOC1. The van der Waals surface area contributed by atoms with Gasteiger partial charge in [-0.2, -0.15) is 0 Å². The smallest absolute Gasteiger partial charge is 0.229 e. The molecule has 6 rings (SSSR count). The lowest BCUT2D eigenvalue weighted by molar-refractivity contribution is -0.117. The summed E-state index contributed by atoms with van der Waals surface area (Å²) in [5, 5.41) is 5.95. The monoisotopic (exact) mass is 469 g/mol. The minimum atomic E-state index is 0.0723. The summed E-state index contributed by atoms with van der Waals surface area (Å²) < 4.78 is 11.2. The number of fused-ring (bicyclic) bond motifs is 2. The molecule has 4 atom stereocenters. The zero-order chi connectivity index (χ0) is 22.6. The second kappa shape index (κ2) is 8.49. The van der Waals surface area contributed by atoms with Gasteiger partial charge >= 0.3 is 0 Å². The summed E-state index contributed by atoms with van der Waals surface area (Å²) in [6, 6.07) is 6.22. The van der Waals surface area contributed by atoms with Crippen molar-refractivity contribution in [2.45, 2.75) is 44.1 Å². The Labute approximate surface area is 200 Å². The molecule has 7 heteroatoms. The number of piperidine rings is 1. The van der Waals surface area contributed by atoms with Crippen LogP contribution in [0.25, 0.3) is 10.8 Å². The molecule has 176 valence electrons. The van der Waals surface area contributed by atoms with Gasteiger partial charge in [0.2, 0.25) is 5.91 Å². The van der Waals surface area contributed by atoms with Crippen LogP contribution in [0.1, 0.15) is 44.1 Å². The normalized spacial score (nSPS) is 32.6. The number of aromatic nitrogens is 1. The van der Waals surface area contributed by atoms with Crippen molar-refractivity contribution in [1.29, 1.82) is 0 Å². The van der Waals surface area contributed by atoms with E-state index in [4.69, 9.17) is 21.1 Å². The second-order valence-corrected chi connectivity index (χ2v) is 11.0. The van der Waals surface area contributed by atoms with Crippen molar-refractivity contribution < 1.29 is 14.3 Å². The molecule has 1 amide bonds. The van der Waals surface area contributed by atoms with Gasteiger partial charge in [-0.05, 0) is 92.6 Å². The Morgan fingerprint density at radius 2 is 1.97 bits per heavy atom. The average Bonchev–Trinajstić information content (AvgIpc) is 3.40. The van der Waals surface area contributed by atoms with Gasteiger partial charge in [-0.3, -0.25) is 9.69 Å². The van der Waals surface area contributed by atoms with Gasteiger partial charge in [-0.15, -0.1) is 0 Å². The molecule has 0 radical (unpaired) electrons. The molecule has 4 heterocycles. The van der Waals surface area contributed by atoms with Crippen LogP contribution in [-0.2, 0) is 14.3 Å². The van der Waals surface area contributed by atoms with E-state index in [0.717, 1.165) is 74.4 Å². The molecule has 2 aromatic rings. The number of amides is 1. The number of rotatable bonds is 4. The first-order valence-corrected chi connectivity index (χ1v) is 12.7. The summed E-state index contributed by atoms with van der Waals surface area (Å²) in [7, 11) is 0. The fourth-order valence-corrected chi connectivity index (χ4v) is 6.63. The van der Waals surface area contributed by atoms with Gasteiger partial charge in [0.15, 0.2) is 0 Å². The molecule has 3 aliphatic heterocycles. The van der Waals surface area contributed by atoms with Crippen LogP contribution < -0.4 is 5.32 Å². The van der Waals surface area contributed by atoms with E-state index in [-0.39, 0.29) is 17.4 Å². The standard InChI is InChI=1S/C26H32ClN3O3/c1-26(5-9-33-15-26)30-6-2-16(3-7-30)20-10-17-12-23(28-13-18(17)11-22(20)27)29-25(31)24-19-4-8-32-14-21(19)24/h10-13,16,19,21,24H,2-9,14-15H2,1H3,(H,28,29,31). The topological polar surface area (TPSA) is 63.7 Å². The van der Waals surface area contributed by atoms with Gasteiger partial charge in [0.05, 0.1) is 13.2 Å². The Morgan fingerprint density at radius 3 is 2.70 bits per heavy atom. The van der Waals surface area contributed by atoms with Gasteiger partial charge in [0, 0.05) is 41.3 Å². The maximum Gasteiger partial charge on any atom is 0.229 e. The molecular formula is C26H32ClN3O3. The Hall–Kier alpha value is -1.73. The summed E-state index contributed by atoms with van der Waals surface area (Å²) in [4.78, 5) is 19.8. The molecule has 4 aliphatic rings. The van der Waals surface area contributed by atoms with Crippen LogP contribution in [0.3, 0.4) is 0 Å². The number of hydrogen-bond acceptors (Lipinski definition) is 5. The van der Waals surface area contributed by atoms with Crippen molar-refractivity contribution in [3.05, 3.63) is 35.0 Å². The van der Waals surface area contributed by atoms with E-state index < -0.39 is 0 Å². The number of carbonyl (C=O) groups is 1. The highest BCUT2D eigenvalue weighted by atomic mass is 35.5. The lowest BCUT2D eigenvalue weighted by Crippen LogP contribution is -2.50. The second-order valence-electron chi connectivity index (χ2n) is 10.6. The van der Waals surface area contributed by atoms with E-state index in [1.807, 2.05) is 18.3 Å². The summed E-state index contributed by atoms with van der Waals surface area (Å²) in [6.07, 6.45) is 6.11. The Balaban J connectivity index is 1.17. The van der Waals surface area contributed by atoms with Crippen LogP contribution in [-0.4, -0.2) is 60.8 Å². The third kappa shape index (κ3) is 4.05. The molecule has 4 fully saturated rings. The molecule has 0 spiro atoms. The van der Waals surface area contributed by atoms with Gasteiger partial charge < -0.3 is 14.8 Å². The Morgan fingerprint density at radius 1 is 1.12 bits per heavy atom. The molecule has 1 N–H and O–H groups in total. The number of nitrogens with one attached hydrogen (secondary N) is 1. The van der Waals surface area contributed by atoms with Crippen molar-refractivity contribution in [2.75, 3.05) is 44.8 Å². The van der Waals surface area contributed by atoms with Gasteiger partial charge in [-0.25, -0.2) is 4.98 Å². The predicted octanol–water partition coefficient (Wildman–Crippen LogP) is 4.47. The Kier molecular flexibility index (Phi) is 5.60. The number of nitrogens with zero attached hydrogens (tertiary/aromatic N) is 2. The molecule has 3 saturated heterocycles. The highest BCUT2D eigenvalue weighted by Crippen LogP contribution is 2.51. The van der Waals surface area contributed by atoms with Crippen LogP contribution in [0.4, 0.5) is 5.82 Å². The Bertz CT molecular complexity index is 1050. The van der Waals surface area contributed by atoms with E-state index in [9.17, 15) is 4.79 Å². The first-order valence-electron chi connectivity index (χ1n) is 12.3. The van der Waals surface area contributed by atoms with Crippen LogP contribution in [0, 0.1) is 17.8 Å². The number of benzene rings is 1. The van der Waals surface area contributed by atoms with Crippen molar-refractivity contribution in [3.63, 3.8) is 0 Å². The van der Waals surface area contributed by atoms with E-state index >= 15 is 0 Å². The van der Waals surface area contributed by atoms with Crippen molar-refractivity contribution in [1.82, 2.24) is 9.88 Å². The molecular weight excluding hydrogens is 438 g/mol. The van der Waals surface area contributed by atoms with Crippen molar-refractivity contribution in [2.24, 2.45) is 17.8 Å². The fourth-order valence-electron chi connectivity index (χ4n) is 6.30. The number of pyridine rings is 1. The van der Waals surface area contributed by atoms with Gasteiger partial charge in [0.1, 0.15) is 5.82 Å². The molecule has 6 nitrogen and oxygen atoms in total. The van der Waals surface area contributed by atoms with Crippen molar-refractivity contribution >= 4 is 34.1 Å². The van der Waals surface area contributed by atoms with Crippen LogP contribution in [0.15, 0.2) is 24.4 Å². The van der Waals surface area contributed by atoms with Gasteiger partial charge in [0.25, 0.3) is 0 Å². The average molecular weight is 470 g/mol. The molecule has 1 aromatic carbocycles. The maximum absolute atomic E-state index is 12.8. The van der Waals surface area contributed by atoms with E-state index in [1.54, 1.807) is 0 Å². The summed E-state index contributed by atoms with van der Waals surface area (Å²) >= 11 is 6.73. The predicted molar refractivity (Wildman–Crippen MR) is 129 cm³/mol. The van der Waals surface area contributed by atoms with E-state index in [1.165, 1.54) is 5.56 Å². The number of ether oxygens (including phenoxy) is 2. The summed E-state index contributed by atoms with van der Waals surface area (Å²) in [5.74, 6) is 2.08. The molecule has 1 aromatic heterocycles. The van der Waals surface area contributed by atoms with E-state index in [2.05, 4.69) is 28.2 Å². The number of likely N-dealkylation sites (tertiary alicyclic amines) is 1. The maximum atomic E-state index is 12.8. The summed E-state index contributed by atoms with van der Waals surface area (Å²) in [5.41, 5.74) is 1.40. The summed E-state index contributed by atoms with van der Waals surface area (Å²) in [6.45, 7) is 7.67. The minimum absolute atomic E-state index is 0.0723. The fraction of sp³-hybridized carbons (Fsp3) is 0.615. The largest absolute Gasteiger partial charge is 0.381 e. The molecule has 4 unspecified atom stereocenters. The van der Waals surface area contributed by atoms with Crippen LogP contribution in [0.5, 0.6) is 0 Å². The first-order chi connectivity index (χ1) is 16.0. The highest BCUT2D eigenvalue weighted by molar-refractivity contribution is 6.32. The first kappa shape index (κ1) is 21.8. The number of anilines is 1.